The Kier molecular flexibility index (Phi) is 4.61. The molecule has 0 saturated carbocycles. The molecule has 1 aromatic rings. The van der Waals surface area contributed by atoms with E-state index < -0.39 is 6.36 Å². The number of ketones is 1. The molecule has 1 aromatic carbocycles. The van der Waals surface area contributed by atoms with Crippen LogP contribution < -0.4 is 10.1 Å². The van der Waals surface area contributed by atoms with E-state index in [4.69, 9.17) is 0 Å². The summed E-state index contributed by atoms with van der Waals surface area (Å²) in [6.07, 6.45) is -4.75. The number of hydrogen-bond acceptors (Lipinski definition) is 4. The van der Waals surface area contributed by atoms with Crippen LogP contribution >= 0.6 is 0 Å². The van der Waals surface area contributed by atoms with Crippen LogP contribution in [0.15, 0.2) is 24.3 Å². The summed E-state index contributed by atoms with van der Waals surface area (Å²) < 4.78 is 40.2. The molecule has 0 radical (unpaired) electrons. The Balaban J connectivity index is 2.00. The van der Waals surface area contributed by atoms with E-state index in [1.54, 1.807) is 0 Å². The zero-order valence-electron chi connectivity index (χ0n) is 10.7. The molecular weight excluding hydrogens is 273 g/mol. The number of carbonyl (C=O) groups is 1. The van der Waals surface area contributed by atoms with Gasteiger partial charge >= 0.3 is 6.36 Å². The van der Waals surface area contributed by atoms with Crippen molar-refractivity contribution in [1.82, 2.24) is 10.2 Å². The van der Waals surface area contributed by atoms with E-state index >= 15 is 0 Å². The molecule has 0 amide bonds. The van der Waals surface area contributed by atoms with Crippen LogP contribution in [0, 0.1) is 0 Å². The van der Waals surface area contributed by atoms with Gasteiger partial charge in [0.1, 0.15) is 5.75 Å². The Morgan fingerprint density at radius 1 is 1.30 bits per heavy atom. The molecule has 1 heterocycles. The van der Waals surface area contributed by atoms with Crippen LogP contribution in [-0.2, 0) is 0 Å². The lowest BCUT2D eigenvalue weighted by Crippen LogP contribution is -2.45. The Hall–Kier alpha value is -1.60. The molecule has 1 N–H and O–H groups in total. The first-order chi connectivity index (χ1) is 9.44. The van der Waals surface area contributed by atoms with Gasteiger partial charge in [-0.15, -0.1) is 13.2 Å². The number of benzene rings is 1. The van der Waals surface area contributed by atoms with E-state index in [0.717, 1.165) is 32.2 Å². The van der Waals surface area contributed by atoms with Crippen LogP contribution in [0.4, 0.5) is 13.2 Å². The highest BCUT2D eigenvalue weighted by Gasteiger charge is 2.31. The maximum atomic E-state index is 12.1. The van der Waals surface area contributed by atoms with Gasteiger partial charge in [-0.05, 0) is 12.1 Å². The molecule has 1 fully saturated rings. The smallest absolute Gasteiger partial charge is 0.406 e. The van der Waals surface area contributed by atoms with Crippen molar-refractivity contribution < 1.29 is 22.7 Å². The van der Waals surface area contributed by atoms with Crippen molar-refractivity contribution in [3.8, 4) is 5.75 Å². The Bertz CT molecular complexity index is 471. The van der Waals surface area contributed by atoms with E-state index in [2.05, 4.69) is 10.1 Å². The van der Waals surface area contributed by atoms with Crippen LogP contribution in [-0.4, -0.2) is 49.8 Å². The first-order valence-electron chi connectivity index (χ1n) is 6.26. The number of hydrogen-bond donors (Lipinski definition) is 1. The number of nitrogens with one attached hydrogen (secondary N) is 1. The number of rotatable bonds is 4. The molecule has 7 heteroatoms. The van der Waals surface area contributed by atoms with Gasteiger partial charge in [0.15, 0.2) is 5.78 Å². The second-order valence-corrected chi connectivity index (χ2v) is 4.52. The number of piperazine rings is 1. The standard InChI is InChI=1S/C13H15F3N2O2/c14-13(15,16)20-11-3-1-2-10(8-11)12(19)9-18-6-4-17-5-7-18/h1-3,8,17H,4-7,9H2. The lowest BCUT2D eigenvalue weighted by Gasteiger charge is -2.26. The van der Waals surface area contributed by atoms with Gasteiger partial charge in [-0.25, -0.2) is 0 Å². The first kappa shape index (κ1) is 14.8. The van der Waals surface area contributed by atoms with Crippen LogP contribution in [0.3, 0.4) is 0 Å². The molecule has 0 aliphatic carbocycles. The van der Waals surface area contributed by atoms with E-state index in [1.807, 2.05) is 4.90 Å². The minimum atomic E-state index is -4.75. The summed E-state index contributed by atoms with van der Waals surface area (Å²) in [5.41, 5.74) is 0.227. The van der Waals surface area contributed by atoms with Crippen molar-refractivity contribution in [2.24, 2.45) is 0 Å². The van der Waals surface area contributed by atoms with Gasteiger partial charge < -0.3 is 10.1 Å². The summed E-state index contributed by atoms with van der Waals surface area (Å²) in [7, 11) is 0. The second-order valence-electron chi connectivity index (χ2n) is 4.52. The molecule has 1 saturated heterocycles. The highest BCUT2D eigenvalue weighted by atomic mass is 19.4. The molecule has 0 spiro atoms. The highest BCUT2D eigenvalue weighted by Crippen LogP contribution is 2.23. The van der Waals surface area contributed by atoms with Gasteiger partial charge in [-0.2, -0.15) is 0 Å². The SMILES string of the molecule is O=C(CN1CCNCC1)c1cccc(OC(F)(F)F)c1. The van der Waals surface area contributed by atoms with Crippen molar-refractivity contribution in [3.05, 3.63) is 29.8 Å². The van der Waals surface area contributed by atoms with Gasteiger partial charge in [0.25, 0.3) is 0 Å². The fourth-order valence-electron chi connectivity index (χ4n) is 2.03. The lowest BCUT2D eigenvalue weighted by atomic mass is 10.1. The van der Waals surface area contributed by atoms with E-state index in [0.29, 0.717) is 0 Å². The van der Waals surface area contributed by atoms with Crippen molar-refractivity contribution in [2.45, 2.75) is 6.36 Å². The number of Topliss-reactive ketones (excluding diaryl/α,β-unsaturated/α-hetero) is 1. The number of alkyl halides is 3. The fraction of sp³-hybridized carbons (Fsp3) is 0.462. The van der Waals surface area contributed by atoms with E-state index in [9.17, 15) is 18.0 Å². The molecule has 0 bridgehead atoms. The molecule has 2 rings (SSSR count). The number of halogens is 3. The van der Waals surface area contributed by atoms with Gasteiger partial charge in [0.2, 0.25) is 0 Å². The van der Waals surface area contributed by atoms with Crippen LogP contribution in [0.1, 0.15) is 10.4 Å². The quantitative estimate of drug-likeness (QED) is 0.856. The van der Waals surface area contributed by atoms with Gasteiger partial charge in [-0.3, -0.25) is 9.69 Å². The number of ether oxygens (including phenoxy) is 1. The topological polar surface area (TPSA) is 41.6 Å². The summed E-state index contributed by atoms with van der Waals surface area (Å²) in [6, 6.07) is 5.17. The lowest BCUT2D eigenvalue weighted by molar-refractivity contribution is -0.274. The zero-order chi connectivity index (χ0) is 14.6. The molecule has 110 valence electrons. The fourth-order valence-corrected chi connectivity index (χ4v) is 2.03. The van der Waals surface area contributed by atoms with Crippen molar-refractivity contribution in [1.29, 1.82) is 0 Å². The normalized spacial score (nSPS) is 16.9. The molecular formula is C13H15F3N2O2. The third-order valence-corrected chi connectivity index (χ3v) is 2.97. The summed E-state index contributed by atoms with van der Waals surface area (Å²) in [4.78, 5) is 14.0. The van der Waals surface area contributed by atoms with E-state index in [-0.39, 0.29) is 23.6 Å². The maximum absolute atomic E-state index is 12.1. The summed E-state index contributed by atoms with van der Waals surface area (Å²) >= 11 is 0. The van der Waals surface area contributed by atoms with Crippen molar-refractivity contribution >= 4 is 5.78 Å². The van der Waals surface area contributed by atoms with Crippen LogP contribution in [0.2, 0.25) is 0 Å². The molecule has 20 heavy (non-hydrogen) atoms. The van der Waals surface area contributed by atoms with Crippen molar-refractivity contribution in [2.75, 3.05) is 32.7 Å². The second kappa shape index (κ2) is 6.23. The monoisotopic (exact) mass is 288 g/mol. The van der Waals surface area contributed by atoms with Gasteiger partial charge in [0, 0.05) is 31.7 Å². The van der Waals surface area contributed by atoms with E-state index in [1.165, 1.54) is 18.2 Å². The molecule has 0 unspecified atom stereocenters. The summed E-state index contributed by atoms with van der Waals surface area (Å²) in [5, 5.41) is 3.16. The molecule has 0 atom stereocenters. The predicted molar refractivity (Wildman–Crippen MR) is 66.8 cm³/mol. The molecule has 1 aliphatic heterocycles. The zero-order valence-corrected chi connectivity index (χ0v) is 10.7. The average Bonchev–Trinajstić information content (AvgIpc) is 2.38. The Labute approximate surface area is 114 Å². The van der Waals surface area contributed by atoms with Crippen molar-refractivity contribution in [3.63, 3.8) is 0 Å². The molecule has 4 nitrogen and oxygen atoms in total. The van der Waals surface area contributed by atoms with Gasteiger partial charge in [-0.1, -0.05) is 12.1 Å². The first-order valence-corrected chi connectivity index (χ1v) is 6.26. The third kappa shape index (κ3) is 4.50. The largest absolute Gasteiger partial charge is 0.573 e. The van der Waals surface area contributed by atoms with Crippen LogP contribution in [0.25, 0.3) is 0 Å². The number of nitrogens with zero attached hydrogens (tertiary/aromatic N) is 1. The third-order valence-electron chi connectivity index (χ3n) is 2.97. The Morgan fingerprint density at radius 3 is 2.65 bits per heavy atom. The average molecular weight is 288 g/mol. The van der Waals surface area contributed by atoms with Gasteiger partial charge in [0.05, 0.1) is 6.54 Å². The minimum Gasteiger partial charge on any atom is -0.406 e. The molecule has 1 aliphatic rings. The Morgan fingerprint density at radius 2 is 2.00 bits per heavy atom. The summed E-state index contributed by atoms with van der Waals surface area (Å²) in [5.74, 6) is -0.580. The molecule has 0 aromatic heterocycles. The highest BCUT2D eigenvalue weighted by molar-refractivity contribution is 5.97. The summed E-state index contributed by atoms with van der Waals surface area (Å²) in [6.45, 7) is 3.33. The number of carbonyl (C=O) groups excluding carboxylic acids is 1. The maximum Gasteiger partial charge on any atom is 0.573 e. The minimum absolute atomic E-state index is 0.206. The van der Waals surface area contributed by atoms with Crippen LogP contribution in [0.5, 0.6) is 5.75 Å². The predicted octanol–water partition coefficient (Wildman–Crippen LogP) is 1.67.